The molecule has 1 aromatic rings. The zero-order valence-electron chi connectivity index (χ0n) is 15.5. The Kier molecular flexibility index (Phi) is 7.14. The number of ether oxygens (including phenoxy) is 2. The number of hydrogen-bond donors (Lipinski definition) is 4. The molecule has 6 nitrogen and oxygen atoms in total. The van der Waals surface area contributed by atoms with E-state index in [1.54, 1.807) is 19.2 Å². The molecule has 7 heteroatoms. The van der Waals surface area contributed by atoms with Crippen molar-refractivity contribution < 1.29 is 29.9 Å². The monoisotopic (exact) mass is 400 g/mol. The van der Waals surface area contributed by atoms with Gasteiger partial charge in [-0.15, -0.1) is 0 Å². The van der Waals surface area contributed by atoms with Crippen molar-refractivity contribution in [3.05, 3.63) is 34.3 Å². The summed E-state index contributed by atoms with van der Waals surface area (Å²) < 4.78 is 11.1. The molecule has 2 aliphatic rings. The SMILES string of the molecule is COC1CCC(Cc2cc([C@@H]3O[C@H](CO)[C@@H](O)[C@H](O)[C@H]3O)ccc2Cl)CC1. The van der Waals surface area contributed by atoms with Crippen molar-refractivity contribution in [2.45, 2.75) is 68.7 Å². The largest absolute Gasteiger partial charge is 0.394 e. The summed E-state index contributed by atoms with van der Waals surface area (Å²) in [5.74, 6) is 0.527. The quantitative estimate of drug-likeness (QED) is 0.599. The standard InChI is InChI=1S/C20H29ClO6/c1-26-14-5-2-11(3-6-14)8-13-9-12(4-7-15(13)21)20-19(25)18(24)17(23)16(10-22)27-20/h4,7,9,11,14,16-20,22-25H,2-3,5-6,8,10H2,1H3/t11?,14?,16-,17-,18+,19-,20+/m1/s1. The molecule has 2 fully saturated rings. The highest BCUT2D eigenvalue weighted by molar-refractivity contribution is 6.31. The molecule has 1 aliphatic carbocycles. The molecule has 0 unspecified atom stereocenters. The lowest BCUT2D eigenvalue weighted by atomic mass is 9.82. The molecule has 0 amide bonds. The second-order valence-electron chi connectivity index (χ2n) is 7.68. The van der Waals surface area contributed by atoms with Crippen LogP contribution in [0.3, 0.4) is 0 Å². The van der Waals surface area contributed by atoms with Crippen molar-refractivity contribution >= 4 is 11.6 Å². The van der Waals surface area contributed by atoms with Crippen molar-refractivity contribution in [3.8, 4) is 0 Å². The number of aliphatic hydroxyl groups excluding tert-OH is 4. The highest BCUT2D eigenvalue weighted by Gasteiger charge is 2.44. The number of methoxy groups -OCH3 is 1. The molecule has 4 N–H and O–H groups in total. The van der Waals surface area contributed by atoms with E-state index in [-0.39, 0.29) is 0 Å². The van der Waals surface area contributed by atoms with Crippen molar-refractivity contribution in [2.75, 3.05) is 13.7 Å². The maximum Gasteiger partial charge on any atom is 0.113 e. The van der Waals surface area contributed by atoms with Gasteiger partial charge in [-0.05, 0) is 55.2 Å². The minimum Gasteiger partial charge on any atom is -0.394 e. The van der Waals surface area contributed by atoms with Crippen LogP contribution in [0.25, 0.3) is 0 Å². The highest BCUT2D eigenvalue weighted by Crippen LogP contribution is 2.36. The Morgan fingerprint density at radius 3 is 2.41 bits per heavy atom. The number of aliphatic hydroxyl groups is 4. The van der Waals surface area contributed by atoms with Gasteiger partial charge >= 0.3 is 0 Å². The molecule has 1 saturated carbocycles. The van der Waals surface area contributed by atoms with E-state index in [0.717, 1.165) is 37.7 Å². The number of benzene rings is 1. The van der Waals surface area contributed by atoms with Gasteiger partial charge < -0.3 is 29.9 Å². The lowest BCUT2D eigenvalue weighted by Crippen LogP contribution is -2.55. The van der Waals surface area contributed by atoms with Crippen LogP contribution in [-0.2, 0) is 15.9 Å². The smallest absolute Gasteiger partial charge is 0.113 e. The van der Waals surface area contributed by atoms with Crippen LogP contribution in [0, 0.1) is 5.92 Å². The molecule has 1 heterocycles. The first-order valence-corrected chi connectivity index (χ1v) is 9.94. The van der Waals surface area contributed by atoms with E-state index in [4.69, 9.17) is 21.1 Å². The minimum absolute atomic E-state index is 0.345. The average molecular weight is 401 g/mol. The maximum atomic E-state index is 10.3. The van der Waals surface area contributed by atoms with Gasteiger partial charge in [0.25, 0.3) is 0 Å². The fourth-order valence-electron chi connectivity index (χ4n) is 4.19. The molecular formula is C20H29ClO6. The summed E-state index contributed by atoms with van der Waals surface area (Å²) in [6.07, 6.45) is -0.341. The highest BCUT2D eigenvalue weighted by atomic mass is 35.5. The molecule has 5 atom stereocenters. The van der Waals surface area contributed by atoms with Gasteiger partial charge in [-0.1, -0.05) is 23.7 Å². The van der Waals surface area contributed by atoms with Gasteiger partial charge in [0.1, 0.15) is 30.5 Å². The molecular weight excluding hydrogens is 372 g/mol. The Labute approximate surface area is 164 Å². The summed E-state index contributed by atoms with van der Waals surface area (Å²) in [5.41, 5.74) is 1.66. The van der Waals surface area contributed by atoms with Gasteiger partial charge in [0, 0.05) is 12.1 Å². The van der Waals surface area contributed by atoms with Crippen LogP contribution in [0.4, 0.5) is 0 Å². The summed E-state index contributed by atoms with van der Waals surface area (Å²) in [6, 6.07) is 5.42. The van der Waals surface area contributed by atoms with Crippen LogP contribution in [0.5, 0.6) is 0 Å². The van der Waals surface area contributed by atoms with Crippen molar-refractivity contribution in [1.29, 1.82) is 0 Å². The molecule has 0 bridgehead atoms. The second kappa shape index (κ2) is 9.18. The van der Waals surface area contributed by atoms with Gasteiger partial charge in [-0.2, -0.15) is 0 Å². The van der Waals surface area contributed by atoms with Crippen LogP contribution in [0.1, 0.15) is 42.9 Å². The average Bonchev–Trinajstić information content (AvgIpc) is 2.69. The van der Waals surface area contributed by atoms with Gasteiger partial charge in [-0.25, -0.2) is 0 Å². The lowest BCUT2D eigenvalue weighted by molar-refractivity contribution is -0.231. The van der Waals surface area contributed by atoms with E-state index in [9.17, 15) is 20.4 Å². The molecule has 1 aliphatic heterocycles. The number of halogens is 1. The summed E-state index contributed by atoms with van der Waals surface area (Å²) in [6.45, 7) is -0.440. The Balaban J connectivity index is 1.74. The van der Waals surface area contributed by atoms with E-state index in [2.05, 4.69) is 0 Å². The van der Waals surface area contributed by atoms with Gasteiger partial charge in [-0.3, -0.25) is 0 Å². The first-order chi connectivity index (χ1) is 12.9. The Bertz CT molecular complexity index is 616. The first-order valence-electron chi connectivity index (χ1n) is 9.56. The zero-order valence-corrected chi connectivity index (χ0v) is 16.3. The second-order valence-corrected chi connectivity index (χ2v) is 8.09. The molecule has 0 spiro atoms. The van der Waals surface area contributed by atoms with Gasteiger partial charge in [0.05, 0.1) is 12.7 Å². The molecule has 0 radical (unpaired) electrons. The van der Waals surface area contributed by atoms with E-state index in [0.29, 0.717) is 22.6 Å². The van der Waals surface area contributed by atoms with Crippen LogP contribution < -0.4 is 0 Å². The molecule has 1 saturated heterocycles. The third-order valence-corrected chi connectivity index (χ3v) is 6.30. The number of hydrogen-bond acceptors (Lipinski definition) is 6. The van der Waals surface area contributed by atoms with Crippen LogP contribution >= 0.6 is 11.6 Å². The Hall–Kier alpha value is -0.730. The molecule has 1 aromatic carbocycles. The Morgan fingerprint density at radius 1 is 1.07 bits per heavy atom. The third kappa shape index (κ3) is 4.65. The molecule has 0 aromatic heterocycles. The van der Waals surface area contributed by atoms with Crippen LogP contribution in [0.2, 0.25) is 5.02 Å². The Morgan fingerprint density at radius 2 is 1.78 bits per heavy atom. The van der Waals surface area contributed by atoms with Gasteiger partial charge in [0.15, 0.2) is 0 Å². The third-order valence-electron chi connectivity index (χ3n) is 5.93. The van der Waals surface area contributed by atoms with Crippen molar-refractivity contribution in [2.24, 2.45) is 5.92 Å². The minimum atomic E-state index is -1.38. The van der Waals surface area contributed by atoms with Crippen LogP contribution in [-0.4, -0.2) is 64.7 Å². The normalized spacial score (nSPS) is 37.3. The van der Waals surface area contributed by atoms with E-state index in [1.165, 1.54) is 0 Å². The molecule has 3 rings (SSSR count). The summed E-state index contributed by atoms with van der Waals surface area (Å²) >= 11 is 6.40. The molecule has 152 valence electrons. The van der Waals surface area contributed by atoms with E-state index >= 15 is 0 Å². The summed E-state index contributed by atoms with van der Waals surface area (Å²) in [4.78, 5) is 0. The fourth-order valence-corrected chi connectivity index (χ4v) is 4.38. The summed E-state index contributed by atoms with van der Waals surface area (Å²) in [7, 11) is 1.76. The zero-order chi connectivity index (χ0) is 19.6. The predicted molar refractivity (Wildman–Crippen MR) is 101 cm³/mol. The fraction of sp³-hybridized carbons (Fsp3) is 0.700. The maximum absolute atomic E-state index is 10.3. The predicted octanol–water partition coefficient (Wildman–Crippen LogP) is 1.60. The van der Waals surface area contributed by atoms with Crippen molar-refractivity contribution in [1.82, 2.24) is 0 Å². The summed E-state index contributed by atoms with van der Waals surface area (Å²) in [5, 5.41) is 40.4. The number of rotatable bonds is 5. The van der Waals surface area contributed by atoms with Crippen LogP contribution in [0.15, 0.2) is 18.2 Å². The lowest BCUT2D eigenvalue weighted by Gasteiger charge is -2.40. The van der Waals surface area contributed by atoms with E-state index in [1.807, 2.05) is 6.07 Å². The first kappa shape index (κ1) is 21.0. The van der Waals surface area contributed by atoms with Crippen molar-refractivity contribution in [3.63, 3.8) is 0 Å². The topological polar surface area (TPSA) is 99.4 Å². The molecule has 27 heavy (non-hydrogen) atoms. The van der Waals surface area contributed by atoms with Gasteiger partial charge in [0.2, 0.25) is 0 Å². The van der Waals surface area contributed by atoms with E-state index < -0.39 is 37.1 Å².